The number of hydrogen-bond acceptors (Lipinski definition) is 5. The Hall–Kier alpha value is -2.82. The van der Waals surface area contributed by atoms with Gasteiger partial charge in [0.1, 0.15) is 17.8 Å². The SMILES string of the molecule is Cc1c[nH]c2ncnc(N3CCN(C(=NC#N)NC4CC4)C(C)C3)c12. The lowest BCUT2D eigenvalue weighted by atomic mass is 10.1. The highest BCUT2D eigenvalue weighted by molar-refractivity contribution is 5.90. The first-order valence-corrected chi connectivity index (χ1v) is 8.71. The van der Waals surface area contributed by atoms with Crippen LogP contribution >= 0.6 is 0 Å². The van der Waals surface area contributed by atoms with Crippen molar-refractivity contribution in [3.05, 3.63) is 18.1 Å². The number of H-pyrrole nitrogens is 1. The molecular weight excluding hydrogens is 316 g/mol. The molecule has 130 valence electrons. The van der Waals surface area contributed by atoms with Gasteiger partial charge in [-0.05, 0) is 32.3 Å². The van der Waals surface area contributed by atoms with Crippen molar-refractivity contribution in [2.45, 2.75) is 38.8 Å². The number of anilines is 1. The van der Waals surface area contributed by atoms with Crippen LogP contribution < -0.4 is 10.2 Å². The normalized spacial score (nSPS) is 21.5. The molecule has 2 N–H and O–H groups in total. The molecule has 0 radical (unpaired) electrons. The van der Waals surface area contributed by atoms with E-state index in [1.165, 1.54) is 0 Å². The quantitative estimate of drug-likeness (QED) is 0.488. The topological polar surface area (TPSA) is 96.2 Å². The van der Waals surface area contributed by atoms with Gasteiger partial charge >= 0.3 is 0 Å². The number of aliphatic imine (C=N–C) groups is 1. The summed E-state index contributed by atoms with van der Waals surface area (Å²) in [4.78, 5) is 20.6. The van der Waals surface area contributed by atoms with Gasteiger partial charge < -0.3 is 20.1 Å². The molecule has 8 heteroatoms. The lowest BCUT2D eigenvalue weighted by molar-refractivity contribution is 0.288. The number of guanidine groups is 1. The number of nitriles is 1. The van der Waals surface area contributed by atoms with E-state index >= 15 is 0 Å². The van der Waals surface area contributed by atoms with Crippen molar-refractivity contribution in [2.24, 2.45) is 4.99 Å². The van der Waals surface area contributed by atoms with E-state index in [0.717, 1.165) is 54.9 Å². The van der Waals surface area contributed by atoms with Crippen LogP contribution in [0.3, 0.4) is 0 Å². The maximum atomic E-state index is 9.01. The Kier molecular flexibility index (Phi) is 3.92. The van der Waals surface area contributed by atoms with E-state index in [9.17, 15) is 0 Å². The standard InChI is InChI=1S/C17H22N8/c1-11-7-19-15-14(11)16(22-10-21-15)24-5-6-25(12(2)8-24)17(20-9-18)23-13-3-4-13/h7,10,12-13H,3-6,8H2,1-2H3,(H,20,23)(H,19,21,22). The van der Waals surface area contributed by atoms with E-state index in [4.69, 9.17) is 5.26 Å². The Labute approximate surface area is 146 Å². The highest BCUT2D eigenvalue weighted by Gasteiger charge is 2.31. The van der Waals surface area contributed by atoms with E-state index in [1.807, 2.05) is 12.4 Å². The molecule has 2 aromatic heterocycles. The molecule has 25 heavy (non-hydrogen) atoms. The predicted molar refractivity (Wildman–Crippen MR) is 96.2 cm³/mol. The molecule has 2 aromatic rings. The van der Waals surface area contributed by atoms with E-state index in [2.05, 4.69) is 48.9 Å². The first-order valence-electron chi connectivity index (χ1n) is 8.71. The Morgan fingerprint density at radius 1 is 1.40 bits per heavy atom. The summed E-state index contributed by atoms with van der Waals surface area (Å²) >= 11 is 0. The third-order valence-corrected chi connectivity index (χ3v) is 4.91. The highest BCUT2D eigenvalue weighted by atomic mass is 15.4. The summed E-state index contributed by atoms with van der Waals surface area (Å²) in [5, 5.41) is 13.5. The molecule has 8 nitrogen and oxygen atoms in total. The molecule has 2 aliphatic rings. The summed E-state index contributed by atoms with van der Waals surface area (Å²) in [7, 11) is 0. The monoisotopic (exact) mass is 338 g/mol. The molecule has 0 aromatic carbocycles. The van der Waals surface area contributed by atoms with Gasteiger partial charge in [0.15, 0.2) is 0 Å². The summed E-state index contributed by atoms with van der Waals surface area (Å²) in [6.07, 6.45) is 7.83. The van der Waals surface area contributed by atoms with E-state index in [0.29, 0.717) is 12.0 Å². The minimum atomic E-state index is 0.233. The molecule has 1 atom stereocenters. The van der Waals surface area contributed by atoms with Crippen molar-refractivity contribution in [3.8, 4) is 6.19 Å². The number of fused-ring (bicyclic) bond motifs is 1. The molecule has 4 rings (SSSR count). The van der Waals surface area contributed by atoms with Gasteiger partial charge in [-0.3, -0.25) is 0 Å². The molecule has 1 saturated carbocycles. The lowest BCUT2D eigenvalue weighted by Gasteiger charge is -2.41. The first-order chi connectivity index (χ1) is 12.2. The fraction of sp³-hybridized carbons (Fsp3) is 0.529. The Morgan fingerprint density at radius 3 is 2.96 bits per heavy atom. The van der Waals surface area contributed by atoms with Crippen molar-refractivity contribution >= 4 is 22.8 Å². The first kappa shape index (κ1) is 15.7. The minimum Gasteiger partial charge on any atom is -0.353 e. The van der Waals surface area contributed by atoms with Gasteiger partial charge in [0.25, 0.3) is 0 Å². The van der Waals surface area contributed by atoms with Crippen LogP contribution in [-0.4, -0.2) is 57.5 Å². The average Bonchev–Trinajstić information content (AvgIpc) is 3.35. The van der Waals surface area contributed by atoms with Crippen LogP contribution in [0.25, 0.3) is 11.0 Å². The molecule has 0 spiro atoms. The number of piperazine rings is 1. The van der Waals surface area contributed by atoms with Crippen molar-refractivity contribution in [2.75, 3.05) is 24.5 Å². The van der Waals surface area contributed by atoms with Crippen molar-refractivity contribution in [3.63, 3.8) is 0 Å². The van der Waals surface area contributed by atoms with Gasteiger partial charge in [-0.2, -0.15) is 5.26 Å². The summed E-state index contributed by atoms with van der Waals surface area (Å²) in [6.45, 7) is 6.69. The van der Waals surface area contributed by atoms with Crippen LogP contribution in [0.5, 0.6) is 0 Å². The second-order valence-electron chi connectivity index (χ2n) is 6.84. The van der Waals surface area contributed by atoms with Crippen molar-refractivity contribution in [1.82, 2.24) is 25.2 Å². The lowest BCUT2D eigenvalue weighted by Crippen LogP contribution is -2.57. The zero-order valence-electron chi connectivity index (χ0n) is 14.5. The van der Waals surface area contributed by atoms with Crippen molar-refractivity contribution < 1.29 is 0 Å². The molecule has 0 bridgehead atoms. The third-order valence-electron chi connectivity index (χ3n) is 4.91. The van der Waals surface area contributed by atoms with Gasteiger partial charge in [-0.1, -0.05) is 0 Å². The zero-order chi connectivity index (χ0) is 17.4. The second-order valence-corrected chi connectivity index (χ2v) is 6.84. The summed E-state index contributed by atoms with van der Waals surface area (Å²) in [6, 6.07) is 0.706. The summed E-state index contributed by atoms with van der Waals surface area (Å²) < 4.78 is 0. The van der Waals surface area contributed by atoms with Crippen LogP contribution in [0.1, 0.15) is 25.3 Å². The Morgan fingerprint density at radius 2 is 2.24 bits per heavy atom. The summed E-state index contributed by atoms with van der Waals surface area (Å²) in [5.41, 5.74) is 2.03. The number of aromatic amines is 1. The molecule has 1 unspecified atom stereocenters. The van der Waals surface area contributed by atoms with Crippen molar-refractivity contribution in [1.29, 1.82) is 5.26 Å². The number of aromatic nitrogens is 3. The van der Waals surface area contributed by atoms with Crippen LogP contribution in [0.15, 0.2) is 17.5 Å². The molecule has 1 aliphatic carbocycles. The highest BCUT2D eigenvalue weighted by Crippen LogP contribution is 2.28. The fourth-order valence-corrected chi connectivity index (χ4v) is 3.44. The molecule has 1 saturated heterocycles. The minimum absolute atomic E-state index is 0.233. The van der Waals surface area contributed by atoms with E-state index < -0.39 is 0 Å². The Balaban J connectivity index is 1.55. The molecule has 0 amide bonds. The largest absolute Gasteiger partial charge is 0.353 e. The summed E-state index contributed by atoms with van der Waals surface area (Å²) in [5.74, 6) is 1.69. The zero-order valence-corrected chi connectivity index (χ0v) is 14.5. The van der Waals surface area contributed by atoms with Gasteiger partial charge in [0.05, 0.1) is 5.39 Å². The number of rotatable bonds is 2. The molecule has 2 fully saturated rings. The fourth-order valence-electron chi connectivity index (χ4n) is 3.44. The van der Waals surface area contributed by atoms with Gasteiger partial charge in [0, 0.05) is 37.9 Å². The van der Waals surface area contributed by atoms with Crippen LogP contribution in [0.4, 0.5) is 5.82 Å². The van der Waals surface area contributed by atoms with Gasteiger partial charge in [-0.25, -0.2) is 9.97 Å². The second kappa shape index (κ2) is 6.24. The van der Waals surface area contributed by atoms with Crippen LogP contribution in [0.2, 0.25) is 0 Å². The average molecular weight is 338 g/mol. The third kappa shape index (κ3) is 2.97. The molecule has 3 heterocycles. The number of hydrogen-bond donors (Lipinski definition) is 2. The van der Waals surface area contributed by atoms with Crippen LogP contribution in [0, 0.1) is 18.4 Å². The Bertz CT molecular complexity index is 844. The van der Waals surface area contributed by atoms with E-state index in [1.54, 1.807) is 6.33 Å². The molecule has 1 aliphatic heterocycles. The number of nitrogens with zero attached hydrogens (tertiary/aromatic N) is 6. The molecular formula is C17H22N8. The predicted octanol–water partition coefficient (Wildman–Crippen LogP) is 1.37. The number of nitrogens with one attached hydrogen (secondary N) is 2. The maximum absolute atomic E-state index is 9.01. The number of aryl methyl sites for hydroxylation is 1. The maximum Gasteiger partial charge on any atom is 0.210 e. The van der Waals surface area contributed by atoms with Crippen LogP contribution in [-0.2, 0) is 0 Å². The van der Waals surface area contributed by atoms with Gasteiger partial charge in [-0.15, -0.1) is 4.99 Å². The smallest absolute Gasteiger partial charge is 0.210 e. The van der Waals surface area contributed by atoms with Gasteiger partial charge in [0.2, 0.25) is 12.2 Å². The van der Waals surface area contributed by atoms with E-state index in [-0.39, 0.29) is 6.04 Å².